The maximum Gasteiger partial charge on any atom is 0.233 e. The highest BCUT2D eigenvalue weighted by molar-refractivity contribution is 7.13. The SMILES string of the molecule is C[C@@H](C(=O)Nc1ccc(C[C@@H]2CC[C@H]([C@H](O)c3ccccc3)N2)cc1)c1csc(N)n1. The van der Waals surface area contributed by atoms with E-state index in [-0.39, 0.29) is 17.9 Å². The van der Waals surface area contributed by atoms with Gasteiger partial charge in [0.15, 0.2) is 5.13 Å². The molecule has 0 radical (unpaired) electrons. The highest BCUT2D eigenvalue weighted by atomic mass is 32.1. The summed E-state index contributed by atoms with van der Waals surface area (Å²) in [5.41, 5.74) is 9.27. The summed E-state index contributed by atoms with van der Waals surface area (Å²) < 4.78 is 0. The molecule has 1 aliphatic rings. The van der Waals surface area contributed by atoms with Crippen LogP contribution >= 0.6 is 11.3 Å². The van der Waals surface area contributed by atoms with Crippen molar-refractivity contribution in [3.8, 4) is 0 Å². The number of nitrogens with zero attached hydrogens (tertiary/aromatic N) is 1. The van der Waals surface area contributed by atoms with Gasteiger partial charge in [-0.1, -0.05) is 42.5 Å². The molecule has 1 aromatic heterocycles. The number of hydrogen-bond acceptors (Lipinski definition) is 6. The number of carbonyl (C=O) groups is 1. The Hall–Kier alpha value is -2.74. The molecule has 2 aromatic carbocycles. The summed E-state index contributed by atoms with van der Waals surface area (Å²) >= 11 is 1.34. The van der Waals surface area contributed by atoms with Crippen LogP contribution < -0.4 is 16.4 Å². The van der Waals surface area contributed by atoms with Crippen LogP contribution in [0.1, 0.15) is 48.6 Å². The maximum atomic E-state index is 12.5. The predicted molar refractivity (Wildman–Crippen MR) is 125 cm³/mol. The van der Waals surface area contributed by atoms with Crippen molar-refractivity contribution >= 4 is 28.1 Å². The van der Waals surface area contributed by atoms with E-state index < -0.39 is 6.10 Å². The van der Waals surface area contributed by atoms with Gasteiger partial charge in [-0.2, -0.15) is 0 Å². The summed E-state index contributed by atoms with van der Waals surface area (Å²) in [5.74, 6) is -0.461. The number of rotatable bonds is 7. The maximum absolute atomic E-state index is 12.5. The summed E-state index contributed by atoms with van der Waals surface area (Å²) in [6.07, 6.45) is 2.38. The number of nitrogens with one attached hydrogen (secondary N) is 2. The molecule has 0 spiro atoms. The molecule has 5 N–H and O–H groups in total. The summed E-state index contributed by atoms with van der Waals surface area (Å²) in [4.78, 5) is 16.7. The van der Waals surface area contributed by atoms with Crippen LogP contribution in [0.25, 0.3) is 0 Å². The van der Waals surface area contributed by atoms with Crippen LogP contribution in [0, 0.1) is 0 Å². The highest BCUT2D eigenvalue weighted by Crippen LogP contribution is 2.27. The van der Waals surface area contributed by atoms with Crippen molar-refractivity contribution in [2.45, 2.75) is 50.3 Å². The molecule has 1 fully saturated rings. The lowest BCUT2D eigenvalue weighted by Gasteiger charge is -2.20. The molecule has 4 rings (SSSR count). The van der Waals surface area contributed by atoms with E-state index in [2.05, 4.69) is 15.6 Å². The van der Waals surface area contributed by atoms with Gasteiger partial charge in [-0.05, 0) is 49.4 Å². The molecule has 0 bridgehead atoms. The first-order valence-corrected chi connectivity index (χ1v) is 11.5. The third-order valence-corrected chi connectivity index (χ3v) is 6.57. The van der Waals surface area contributed by atoms with Crippen molar-refractivity contribution < 1.29 is 9.90 Å². The van der Waals surface area contributed by atoms with Crippen LogP contribution in [0.4, 0.5) is 10.8 Å². The van der Waals surface area contributed by atoms with E-state index in [0.717, 1.165) is 30.5 Å². The first-order valence-electron chi connectivity index (χ1n) is 10.6. The molecule has 0 saturated carbocycles. The van der Waals surface area contributed by atoms with E-state index in [1.165, 1.54) is 16.9 Å². The Bertz CT molecular complexity index is 1010. The van der Waals surface area contributed by atoms with Gasteiger partial charge >= 0.3 is 0 Å². The topological polar surface area (TPSA) is 100 Å². The smallest absolute Gasteiger partial charge is 0.233 e. The molecule has 0 unspecified atom stereocenters. The highest BCUT2D eigenvalue weighted by Gasteiger charge is 2.29. The number of aliphatic hydroxyl groups excluding tert-OH is 1. The number of nitrogen functional groups attached to an aromatic ring is 1. The zero-order valence-corrected chi connectivity index (χ0v) is 18.3. The van der Waals surface area contributed by atoms with Gasteiger partial charge in [0.2, 0.25) is 5.91 Å². The van der Waals surface area contributed by atoms with E-state index in [0.29, 0.717) is 16.9 Å². The Kier molecular flexibility index (Phi) is 6.65. The number of aliphatic hydroxyl groups is 1. The van der Waals surface area contributed by atoms with Crippen molar-refractivity contribution in [1.82, 2.24) is 10.3 Å². The summed E-state index contributed by atoms with van der Waals surface area (Å²) in [6, 6.07) is 18.2. The molecule has 0 aliphatic carbocycles. The molecule has 2 heterocycles. The molecular formula is C24H28N4O2S. The van der Waals surface area contributed by atoms with Crippen LogP contribution in [0.3, 0.4) is 0 Å². The molecule has 1 aliphatic heterocycles. The van der Waals surface area contributed by atoms with Gasteiger partial charge in [-0.15, -0.1) is 11.3 Å². The number of hydrogen-bond donors (Lipinski definition) is 4. The fourth-order valence-corrected chi connectivity index (χ4v) is 4.69. The van der Waals surface area contributed by atoms with Crippen LogP contribution in [0.15, 0.2) is 60.0 Å². The minimum Gasteiger partial charge on any atom is -0.387 e. The average molecular weight is 437 g/mol. The normalized spacial score (nSPS) is 20.3. The summed E-state index contributed by atoms with van der Waals surface area (Å²) in [7, 11) is 0. The second kappa shape index (κ2) is 9.60. The number of thiazole rings is 1. The quantitative estimate of drug-likeness (QED) is 0.451. The molecule has 3 aromatic rings. The van der Waals surface area contributed by atoms with Gasteiger partial charge in [-0.3, -0.25) is 4.79 Å². The zero-order chi connectivity index (χ0) is 21.8. The Morgan fingerprint density at radius 3 is 2.65 bits per heavy atom. The van der Waals surface area contributed by atoms with Crippen LogP contribution in [0.2, 0.25) is 0 Å². The Labute approximate surface area is 186 Å². The largest absolute Gasteiger partial charge is 0.387 e. The Morgan fingerprint density at radius 1 is 1.23 bits per heavy atom. The van der Waals surface area contributed by atoms with E-state index in [9.17, 15) is 9.90 Å². The Morgan fingerprint density at radius 2 is 1.97 bits per heavy atom. The predicted octanol–water partition coefficient (Wildman–Crippen LogP) is 3.86. The van der Waals surface area contributed by atoms with Gasteiger partial charge in [-0.25, -0.2) is 4.98 Å². The number of carbonyl (C=O) groups excluding carboxylic acids is 1. The van der Waals surface area contributed by atoms with Gasteiger partial charge in [0.1, 0.15) is 0 Å². The first-order chi connectivity index (χ1) is 15.0. The molecule has 4 atom stereocenters. The lowest BCUT2D eigenvalue weighted by atomic mass is 10.0. The van der Waals surface area contributed by atoms with Crippen LogP contribution in [0.5, 0.6) is 0 Å². The van der Waals surface area contributed by atoms with Gasteiger partial charge in [0.25, 0.3) is 0 Å². The molecule has 7 heteroatoms. The monoisotopic (exact) mass is 436 g/mol. The first kappa shape index (κ1) is 21.5. The summed E-state index contributed by atoms with van der Waals surface area (Å²) in [6.45, 7) is 1.82. The molecule has 1 saturated heterocycles. The number of benzene rings is 2. The van der Waals surface area contributed by atoms with E-state index in [4.69, 9.17) is 5.73 Å². The average Bonchev–Trinajstić information content (AvgIpc) is 3.44. The second-order valence-electron chi connectivity index (χ2n) is 8.13. The van der Waals surface area contributed by atoms with Crippen LogP contribution in [-0.4, -0.2) is 28.1 Å². The number of nitrogens with two attached hydrogens (primary N) is 1. The second-order valence-corrected chi connectivity index (χ2v) is 9.02. The standard InChI is InChI=1S/C24H28N4O2S/c1-15(21-14-31-24(25)28-21)23(30)27-18-9-7-16(8-10-18)13-19-11-12-20(26-19)22(29)17-5-3-2-4-6-17/h2-10,14-15,19-20,22,26,29H,11-13H2,1H3,(H2,25,28)(H,27,30)/t15-,19+,20-,22-/m1/s1. The fraction of sp³-hybridized carbons (Fsp3) is 0.333. The summed E-state index contributed by atoms with van der Waals surface area (Å²) in [5, 5.41) is 19.5. The van der Waals surface area contributed by atoms with Crippen molar-refractivity contribution in [2.75, 3.05) is 11.1 Å². The van der Waals surface area contributed by atoms with E-state index in [1.54, 1.807) is 0 Å². The van der Waals surface area contributed by atoms with Crippen molar-refractivity contribution in [1.29, 1.82) is 0 Å². The van der Waals surface area contributed by atoms with Crippen molar-refractivity contribution in [3.05, 3.63) is 76.8 Å². The van der Waals surface area contributed by atoms with E-state index in [1.807, 2.05) is 66.9 Å². The molecular weight excluding hydrogens is 408 g/mol. The fourth-order valence-electron chi connectivity index (χ4n) is 4.04. The molecule has 6 nitrogen and oxygen atoms in total. The van der Waals surface area contributed by atoms with Gasteiger partial charge in [0.05, 0.1) is 17.7 Å². The zero-order valence-electron chi connectivity index (χ0n) is 17.5. The molecule has 162 valence electrons. The third-order valence-electron chi connectivity index (χ3n) is 5.88. The third kappa shape index (κ3) is 5.31. The number of aromatic nitrogens is 1. The Balaban J connectivity index is 1.29. The molecule has 31 heavy (non-hydrogen) atoms. The minimum atomic E-state index is -0.487. The lowest BCUT2D eigenvalue weighted by molar-refractivity contribution is -0.117. The lowest BCUT2D eigenvalue weighted by Crippen LogP contribution is -2.35. The number of amides is 1. The van der Waals surface area contributed by atoms with Crippen LogP contribution in [-0.2, 0) is 11.2 Å². The minimum absolute atomic E-state index is 0.0761. The van der Waals surface area contributed by atoms with Crippen molar-refractivity contribution in [2.24, 2.45) is 0 Å². The van der Waals surface area contributed by atoms with Gasteiger partial charge in [0, 0.05) is 23.2 Å². The molecule has 1 amide bonds. The van der Waals surface area contributed by atoms with E-state index >= 15 is 0 Å². The van der Waals surface area contributed by atoms with Gasteiger partial charge < -0.3 is 21.5 Å². The van der Waals surface area contributed by atoms with Crippen molar-refractivity contribution in [3.63, 3.8) is 0 Å². The number of anilines is 2.